The predicted octanol–water partition coefficient (Wildman–Crippen LogP) is 3.55. The van der Waals surface area contributed by atoms with Crippen LogP contribution in [0.3, 0.4) is 0 Å². The van der Waals surface area contributed by atoms with E-state index in [-0.39, 0.29) is 5.91 Å². The third-order valence-corrected chi connectivity index (χ3v) is 4.15. The highest BCUT2D eigenvalue weighted by Gasteiger charge is 2.19. The van der Waals surface area contributed by atoms with E-state index >= 15 is 0 Å². The maximum absolute atomic E-state index is 12.1. The summed E-state index contributed by atoms with van der Waals surface area (Å²) in [5.74, 6) is -0.705. The Morgan fingerprint density at radius 3 is 2.74 bits per heavy atom. The number of hydrogen-bond acceptors (Lipinski definition) is 3. The third kappa shape index (κ3) is 5.23. The molecule has 0 aromatic heterocycles. The number of carbonyl (C=O) groups is 2. The van der Waals surface area contributed by atoms with Crippen molar-refractivity contribution in [3.05, 3.63) is 47.0 Å². The molecule has 1 atom stereocenters. The molecule has 1 N–H and O–H groups in total. The van der Waals surface area contributed by atoms with Gasteiger partial charge in [-0.25, -0.2) is 4.79 Å². The predicted molar refractivity (Wildman–Crippen MR) is 90.2 cm³/mol. The van der Waals surface area contributed by atoms with Gasteiger partial charge in [-0.2, -0.15) is 0 Å². The van der Waals surface area contributed by atoms with Crippen molar-refractivity contribution in [3.8, 4) is 0 Å². The van der Waals surface area contributed by atoms with E-state index < -0.39 is 12.1 Å². The standard InChI is InChI=1S/C19H25NO3/c1-14-8-6-7-11-17(14)19(22)23-15(2)18(21)20-13-12-16-9-4-3-5-10-16/h6-9,11,15H,3-5,10,12-13H2,1-2H3,(H,20,21)/t15-/m0/s1. The number of hydrogen-bond donors (Lipinski definition) is 1. The summed E-state index contributed by atoms with van der Waals surface area (Å²) in [7, 11) is 0. The second kappa shape index (κ2) is 8.51. The number of ether oxygens (including phenoxy) is 1. The van der Waals surface area contributed by atoms with Gasteiger partial charge in [0.2, 0.25) is 0 Å². The van der Waals surface area contributed by atoms with Crippen LogP contribution in [0.2, 0.25) is 0 Å². The Morgan fingerprint density at radius 2 is 2.04 bits per heavy atom. The fraction of sp³-hybridized carbons (Fsp3) is 0.474. The van der Waals surface area contributed by atoms with Crippen molar-refractivity contribution >= 4 is 11.9 Å². The van der Waals surface area contributed by atoms with Gasteiger partial charge in [-0.05, 0) is 57.6 Å². The molecule has 0 aliphatic heterocycles. The first-order chi connectivity index (χ1) is 11.1. The maximum atomic E-state index is 12.1. The molecule has 1 amide bonds. The van der Waals surface area contributed by atoms with Gasteiger partial charge >= 0.3 is 5.97 Å². The second-order valence-corrected chi connectivity index (χ2v) is 6.01. The molecule has 0 spiro atoms. The molecule has 0 unspecified atom stereocenters. The Balaban J connectivity index is 1.77. The summed E-state index contributed by atoms with van der Waals surface area (Å²) in [5.41, 5.74) is 2.76. The number of aryl methyl sites for hydroxylation is 1. The van der Waals surface area contributed by atoms with E-state index in [0.29, 0.717) is 12.1 Å². The average molecular weight is 315 g/mol. The number of amides is 1. The fourth-order valence-corrected chi connectivity index (χ4v) is 2.70. The highest BCUT2D eigenvalue weighted by molar-refractivity contribution is 5.93. The molecule has 1 aliphatic rings. The van der Waals surface area contributed by atoms with Gasteiger partial charge < -0.3 is 10.1 Å². The van der Waals surface area contributed by atoms with Crippen LogP contribution in [0, 0.1) is 6.92 Å². The van der Waals surface area contributed by atoms with Gasteiger partial charge in [0.05, 0.1) is 5.56 Å². The minimum atomic E-state index is -0.789. The van der Waals surface area contributed by atoms with Crippen LogP contribution >= 0.6 is 0 Å². The number of allylic oxidation sites excluding steroid dienone is 1. The molecular formula is C19H25NO3. The van der Waals surface area contributed by atoms with Crippen LogP contribution in [-0.4, -0.2) is 24.5 Å². The Morgan fingerprint density at radius 1 is 1.26 bits per heavy atom. The van der Waals surface area contributed by atoms with Gasteiger partial charge in [0.1, 0.15) is 0 Å². The van der Waals surface area contributed by atoms with Crippen molar-refractivity contribution in [1.82, 2.24) is 5.32 Å². The molecule has 0 radical (unpaired) electrons. The summed E-state index contributed by atoms with van der Waals surface area (Å²) in [6.07, 6.45) is 7.15. The van der Waals surface area contributed by atoms with Crippen molar-refractivity contribution in [1.29, 1.82) is 0 Å². The van der Waals surface area contributed by atoms with Crippen molar-refractivity contribution in [2.75, 3.05) is 6.54 Å². The van der Waals surface area contributed by atoms with Gasteiger partial charge in [0.15, 0.2) is 6.10 Å². The lowest BCUT2D eigenvalue weighted by Crippen LogP contribution is -2.36. The monoisotopic (exact) mass is 315 g/mol. The SMILES string of the molecule is Cc1ccccc1C(=O)O[C@@H](C)C(=O)NCCC1=CCCCC1. The number of nitrogens with one attached hydrogen (secondary N) is 1. The van der Waals surface area contributed by atoms with Crippen molar-refractivity contribution in [2.45, 2.75) is 52.1 Å². The third-order valence-electron chi connectivity index (χ3n) is 4.15. The topological polar surface area (TPSA) is 55.4 Å². The Bertz CT molecular complexity index is 592. The highest BCUT2D eigenvalue weighted by Crippen LogP contribution is 2.19. The second-order valence-electron chi connectivity index (χ2n) is 6.01. The highest BCUT2D eigenvalue weighted by atomic mass is 16.5. The summed E-state index contributed by atoms with van der Waals surface area (Å²) in [4.78, 5) is 24.1. The van der Waals surface area contributed by atoms with E-state index in [1.807, 2.05) is 19.1 Å². The molecule has 0 bridgehead atoms. The van der Waals surface area contributed by atoms with Gasteiger partial charge in [0.25, 0.3) is 5.91 Å². The lowest BCUT2D eigenvalue weighted by atomic mass is 9.97. The quantitative estimate of drug-likeness (QED) is 0.645. The van der Waals surface area contributed by atoms with Crippen LogP contribution < -0.4 is 5.32 Å². The number of carbonyl (C=O) groups excluding carboxylic acids is 2. The molecule has 23 heavy (non-hydrogen) atoms. The van der Waals surface area contributed by atoms with Gasteiger partial charge in [0, 0.05) is 6.54 Å². The largest absolute Gasteiger partial charge is 0.449 e. The molecule has 0 saturated carbocycles. The number of benzene rings is 1. The summed E-state index contributed by atoms with van der Waals surface area (Å²) in [6, 6.07) is 7.20. The number of rotatable bonds is 6. The maximum Gasteiger partial charge on any atom is 0.339 e. The summed E-state index contributed by atoms with van der Waals surface area (Å²) in [6.45, 7) is 4.04. The average Bonchev–Trinajstić information content (AvgIpc) is 2.56. The first kappa shape index (κ1) is 17.3. The first-order valence-corrected chi connectivity index (χ1v) is 8.30. The normalized spacial score (nSPS) is 15.5. The molecule has 0 saturated heterocycles. The summed E-state index contributed by atoms with van der Waals surface area (Å²) >= 11 is 0. The van der Waals surface area contributed by atoms with Crippen LogP contribution in [0.5, 0.6) is 0 Å². The molecule has 124 valence electrons. The van der Waals surface area contributed by atoms with Crippen LogP contribution in [0.25, 0.3) is 0 Å². The number of esters is 1. The first-order valence-electron chi connectivity index (χ1n) is 8.30. The van der Waals surface area contributed by atoms with Crippen molar-refractivity contribution < 1.29 is 14.3 Å². The molecule has 2 rings (SSSR count). The van der Waals surface area contributed by atoms with Gasteiger partial charge in [-0.15, -0.1) is 0 Å². The lowest BCUT2D eigenvalue weighted by Gasteiger charge is -2.16. The molecule has 0 heterocycles. The zero-order chi connectivity index (χ0) is 16.7. The smallest absolute Gasteiger partial charge is 0.339 e. The minimum Gasteiger partial charge on any atom is -0.449 e. The van der Waals surface area contributed by atoms with Crippen molar-refractivity contribution in [3.63, 3.8) is 0 Å². The van der Waals surface area contributed by atoms with Crippen LogP contribution in [0.15, 0.2) is 35.9 Å². The van der Waals surface area contributed by atoms with Crippen LogP contribution in [0.4, 0.5) is 0 Å². The Hall–Kier alpha value is -2.10. The van der Waals surface area contributed by atoms with E-state index in [2.05, 4.69) is 11.4 Å². The molecule has 0 fully saturated rings. The van der Waals surface area contributed by atoms with Crippen molar-refractivity contribution in [2.24, 2.45) is 0 Å². The van der Waals surface area contributed by atoms with E-state index in [4.69, 9.17) is 4.74 Å². The van der Waals surface area contributed by atoms with E-state index in [9.17, 15) is 9.59 Å². The van der Waals surface area contributed by atoms with Crippen LogP contribution in [-0.2, 0) is 9.53 Å². The fourth-order valence-electron chi connectivity index (χ4n) is 2.70. The molecule has 1 aromatic rings. The summed E-state index contributed by atoms with van der Waals surface area (Å²) < 4.78 is 5.26. The van der Waals surface area contributed by atoms with Gasteiger partial charge in [-0.3, -0.25) is 4.79 Å². The Kier molecular flexibility index (Phi) is 6.39. The molecular weight excluding hydrogens is 290 g/mol. The van der Waals surface area contributed by atoms with Gasteiger partial charge in [-0.1, -0.05) is 29.8 Å². The molecule has 4 nitrogen and oxygen atoms in total. The van der Waals surface area contributed by atoms with E-state index in [0.717, 1.165) is 24.8 Å². The zero-order valence-corrected chi connectivity index (χ0v) is 13.9. The van der Waals surface area contributed by atoms with E-state index in [1.165, 1.54) is 18.4 Å². The Labute approximate surface area is 137 Å². The molecule has 4 heteroatoms. The minimum absolute atomic E-state index is 0.247. The molecule has 1 aromatic carbocycles. The lowest BCUT2D eigenvalue weighted by molar-refractivity contribution is -0.129. The molecule has 1 aliphatic carbocycles. The van der Waals surface area contributed by atoms with Crippen LogP contribution in [0.1, 0.15) is 54.9 Å². The van der Waals surface area contributed by atoms with E-state index in [1.54, 1.807) is 19.1 Å². The summed E-state index contributed by atoms with van der Waals surface area (Å²) in [5, 5.41) is 2.84. The zero-order valence-electron chi connectivity index (χ0n) is 13.9.